The van der Waals surface area contributed by atoms with Crippen molar-refractivity contribution >= 4 is 48.6 Å². The lowest BCUT2D eigenvalue weighted by Crippen LogP contribution is -2.28. The van der Waals surface area contributed by atoms with Crippen LogP contribution in [-0.4, -0.2) is 0 Å². The van der Waals surface area contributed by atoms with Gasteiger partial charge in [-0.15, -0.1) is 11.3 Å². The van der Waals surface area contributed by atoms with Crippen LogP contribution in [0.15, 0.2) is 321 Å². The fraction of sp³-hybridized carbons (Fsp3) is 0.0250. The van der Waals surface area contributed by atoms with Crippen LogP contribution >= 0.6 is 11.3 Å². The first kappa shape index (κ1) is 42.8. The number of nitrogens with zero attached hydrogens (tertiary/aromatic N) is 1. The molecule has 1 heterocycles. The molecule has 1 atom stereocenters. The van der Waals surface area contributed by atoms with Gasteiger partial charge in [-0.2, -0.15) is 0 Å². The van der Waals surface area contributed by atoms with Crippen LogP contribution in [0.25, 0.3) is 75.8 Å². The molecule has 384 valence electrons. The van der Waals surface area contributed by atoms with Crippen LogP contribution in [0.4, 0.5) is 17.1 Å². The van der Waals surface area contributed by atoms with Crippen molar-refractivity contribution < 1.29 is 6.85 Å². The van der Waals surface area contributed by atoms with Gasteiger partial charge in [0.2, 0.25) is 0 Å². The summed E-state index contributed by atoms with van der Waals surface area (Å²) in [6.07, 6.45) is 0. The van der Waals surface area contributed by atoms with Gasteiger partial charge in [0.05, 0.1) is 17.7 Å². The maximum atomic E-state index is 9.17. The molecule has 16 rings (SSSR count). The summed E-state index contributed by atoms with van der Waals surface area (Å²) in [4.78, 5) is 2.37. The van der Waals surface area contributed by atoms with Crippen molar-refractivity contribution in [2.75, 3.05) is 4.90 Å². The second-order valence-electron chi connectivity index (χ2n) is 21.4. The number of rotatable bonds is 10. The van der Waals surface area contributed by atoms with Crippen molar-refractivity contribution in [1.82, 2.24) is 0 Å². The van der Waals surface area contributed by atoms with Crippen LogP contribution in [0.3, 0.4) is 0 Å². The summed E-state index contributed by atoms with van der Waals surface area (Å²) in [5, 5.41) is 2.40. The Balaban J connectivity index is 0.871. The third-order valence-corrected chi connectivity index (χ3v) is 18.5. The quantitative estimate of drug-likeness (QED) is 0.132. The van der Waals surface area contributed by atoms with E-state index in [1.54, 1.807) is 0 Å². The molecule has 1 aromatic heterocycles. The Morgan fingerprint density at radius 3 is 1.43 bits per heavy atom. The number of benzene rings is 13. The smallest absolute Gasteiger partial charge is 0.0713 e. The minimum atomic E-state index is -0.843. The normalized spacial score (nSPS) is 15.3. The Kier molecular flexibility index (Phi) is 10.1. The molecule has 0 spiro atoms. The number of hydrogen-bond acceptors (Lipinski definition) is 2. The summed E-state index contributed by atoms with van der Waals surface area (Å²) in [7, 11) is 0. The molecule has 0 radical (unpaired) electrons. The minimum Gasteiger partial charge on any atom is -0.310 e. The van der Waals surface area contributed by atoms with E-state index < -0.39 is 16.9 Å². The van der Waals surface area contributed by atoms with Crippen molar-refractivity contribution in [2.45, 2.75) is 10.8 Å². The minimum absolute atomic E-state index is 0.189. The average molecular weight is 1070 g/mol. The molecule has 2 heteroatoms. The molecule has 1 nitrogen and oxygen atoms in total. The first-order chi connectivity index (χ1) is 42.7. The first-order valence-corrected chi connectivity index (χ1v) is 28.8. The summed E-state index contributed by atoms with van der Waals surface area (Å²) in [6.45, 7) is 0. The van der Waals surface area contributed by atoms with Gasteiger partial charge >= 0.3 is 0 Å². The first-order valence-electron chi connectivity index (χ1n) is 30.5. The predicted octanol–water partition coefficient (Wildman–Crippen LogP) is 21.3. The van der Waals surface area contributed by atoms with Crippen molar-refractivity contribution in [1.29, 1.82) is 0 Å². The lowest BCUT2D eigenvalue weighted by molar-refractivity contribution is 0.768. The number of fused-ring (bicyclic) bond motifs is 9. The van der Waals surface area contributed by atoms with Crippen LogP contribution < -0.4 is 4.90 Å². The van der Waals surface area contributed by atoms with Gasteiger partial charge in [-0.3, -0.25) is 0 Å². The molecular formula is C80H53NS. The summed E-state index contributed by atoms with van der Waals surface area (Å²) >= 11 is 1.83. The van der Waals surface area contributed by atoms with Crippen molar-refractivity contribution in [3.8, 4) is 55.6 Å². The number of hydrogen-bond donors (Lipinski definition) is 0. The van der Waals surface area contributed by atoms with Gasteiger partial charge in [0.25, 0.3) is 0 Å². The highest BCUT2D eigenvalue weighted by molar-refractivity contribution is 7.26. The molecule has 14 aromatic rings. The Labute approximate surface area is 490 Å². The van der Waals surface area contributed by atoms with Crippen LogP contribution in [0, 0.1) is 0 Å². The Morgan fingerprint density at radius 1 is 0.293 bits per heavy atom. The van der Waals surface area contributed by atoms with Crippen molar-refractivity contribution in [2.24, 2.45) is 0 Å². The highest BCUT2D eigenvalue weighted by Gasteiger charge is 2.48. The SMILES string of the molecule is [2H]c1c([2H])c([2H])c(-c2cccc3c2-c2ccccc2C3(c2ccccc2)c2ccc(N(c3ccc(-c4ccccc4)cc3)c3ccc4sc5cccc(-c6cccc(C7(c8ccccc8)c8ccccc8-c8ccccc87)c6)c5c4c3)cc2)c([2H])c1[2H]. The summed E-state index contributed by atoms with van der Waals surface area (Å²) in [6, 6.07) is 104. The Morgan fingerprint density at radius 2 is 0.756 bits per heavy atom. The molecule has 0 aliphatic heterocycles. The monoisotopic (exact) mass is 1060 g/mol. The highest BCUT2D eigenvalue weighted by Crippen LogP contribution is 2.60. The summed E-state index contributed by atoms with van der Waals surface area (Å²) in [5.41, 5.74) is 20.5. The highest BCUT2D eigenvalue weighted by atomic mass is 32.1. The van der Waals surface area contributed by atoms with E-state index in [0.717, 1.165) is 67.1 Å². The largest absolute Gasteiger partial charge is 0.310 e. The topological polar surface area (TPSA) is 3.24 Å². The summed E-state index contributed by atoms with van der Waals surface area (Å²) < 4.78 is 46.6. The van der Waals surface area contributed by atoms with Crippen LogP contribution in [0.1, 0.15) is 51.4 Å². The van der Waals surface area contributed by atoms with E-state index in [-0.39, 0.29) is 29.7 Å². The van der Waals surface area contributed by atoms with Gasteiger partial charge < -0.3 is 4.90 Å². The zero-order valence-electron chi connectivity index (χ0n) is 49.6. The number of thiophene rings is 1. The fourth-order valence-electron chi connectivity index (χ4n) is 14.0. The van der Waals surface area contributed by atoms with E-state index in [4.69, 9.17) is 6.85 Å². The van der Waals surface area contributed by atoms with E-state index in [9.17, 15) is 0 Å². The zero-order chi connectivity index (χ0) is 58.5. The molecule has 0 amide bonds. The van der Waals surface area contributed by atoms with Gasteiger partial charge in [0.15, 0.2) is 0 Å². The van der Waals surface area contributed by atoms with E-state index >= 15 is 0 Å². The average Bonchev–Trinajstić information content (AvgIpc) is 1.57. The van der Waals surface area contributed by atoms with Gasteiger partial charge in [-0.1, -0.05) is 267 Å². The maximum Gasteiger partial charge on any atom is 0.0713 e. The molecule has 0 saturated carbocycles. The van der Waals surface area contributed by atoms with E-state index in [2.05, 4.69) is 272 Å². The molecular weight excluding hydrogens is 1010 g/mol. The zero-order valence-corrected chi connectivity index (χ0v) is 45.4. The van der Waals surface area contributed by atoms with E-state index in [0.29, 0.717) is 5.56 Å². The van der Waals surface area contributed by atoms with Gasteiger partial charge in [0.1, 0.15) is 0 Å². The Bertz CT molecular complexity index is 4970. The lowest BCUT2D eigenvalue weighted by Gasteiger charge is -2.34. The number of anilines is 3. The van der Waals surface area contributed by atoms with Crippen molar-refractivity contribution in [3.05, 3.63) is 366 Å². The second-order valence-corrected chi connectivity index (χ2v) is 22.5. The predicted molar refractivity (Wildman–Crippen MR) is 345 cm³/mol. The van der Waals surface area contributed by atoms with Gasteiger partial charge in [-0.25, -0.2) is 0 Å². The van der Waals surface area contributed by atoms with Crippen LogP contribution in [0.2, 0.25) is 0 Å². The molecule has 0 saturated heterocycles. The van der Waals surface area contributed by atoms with E-state index in [1.807, 2.05) is 35.6 Å². The third kappa shape index (κ3) is 7.25. The van der Waals surface area contributed by atoms with Crippen LogP contribution in [-0.2, 0) is 10.8 Å². The fourth-order valence-corrected chi connectivity index (χ4v) is 15.1. The van der Waals surface area contributed by atoms with Crippen molar-refractivity contribution in [3.63, 3.8) is 0 Å². The van der Waals surface area contributed by atoms with Gasteiger partial charge in [0, 0.05) is 37.2 Å². The van der Waals surface area contributed by atoms with Gasteiger partial charge in [-0.05, 0) is 155 Å². The summed E-state index contributed by atoms with van der Waals surface area (Å²) in [5.74, 6) is 0. The third-order valence-electron chi connectivity index (χ3n) is 17.3. The molecule has 0 fully saturated rings. The van der Waals surface area contributed by atoms with E-state index in [1.165, 1.54) is 59.1 Å². The molecule has 2 aliphatic carbocycles. The Hall–Kier alpha value is -10.1. The maximum absolute atomic E-state index is 9.17. The lowest BCUT2D eigenvalue weighted by atomic mass is 9.67. The standard InChI is InChI=1S/C80H53NS/c1-5-22-54(23-6-1)55-42-46-62(47-43-55)81(63-48-44-60(45-49-63)79(58-27-9-3-10-28-58)73-39-18-15-34-69(73)77-65(35-20-40-74(77)79)56-24-7-2-8-25-56)64-50-51-75-70(53-64)78-66(36-21-41-76(78)82-75)57-26-19-31-61(52-57)80(59-29-11-4-12-30-59)71-37-16-13-32-67(71)68-33-14-17-38-72(68)80/h1-53H/i2D,7D,8D,24D,25D. The molecule has 2 aliphatic rings. The molecule has 1 unspecified atom stereocenters. The second kappa shape index (κ2) is 19.3. The molecule has 82 heavy (non-hydrogen) atoms. The molecule has 0 bridgehead atoms. The molecule has 13 aromatic carbocycles. The molecule has 0 N–H and O–H groups in total. The van der Waals surface area contributed by atoms with Crippen LogP contribution in [0.5, 0.6) is 0 Å².